The minimum absolute atomic E-state index is 0.226. The molecule has 0 N–H and O–H groups in total. The van der Waals surface area contributed by atoms with Crippen LogP contribution < -0.4 is 9.47 Å². The van der Waals surface area contributed by atoms with Crippen molar-refractivity contribution in [3.63, 3.8) is 0 Å². The summed E-state index contributed by atoms with van der Waals surface area (Å²) < 4.78 is 18.3. The summed E-state index contributed by atoms with van der Waals surface area (Å²) in [6, 6.07) is 4.52. The first-order valence-corrected chi connectivity index (χ1v) is 8.49. The van der Waals surface area contributed by atoms with Gasteiger partial charge in [0.2, 0.25) is 0 Å². The van der Waals surface area contributed by atoms with E-state index in [4.69, 9.17) is 14.2 Å². The first-order chi connectivity index (χ1) is 11.2. The highest BCUT2D eigenvalue weighted by Gasteiger charge is 2.76. The predicted molar refractivity (Wildman–Crippen MR) is 80.8 cm³/mol. The van der Waals surface area contributed by atoms with E-state index in [2.05, 4.69) is 11.0 Å². The molecule has 0 amide bonds. The van der Waals surface area contributed by atoms with E-state index < -0.39 is 6.10 Å². The van der Waals surface area contributed by atoms with E-state index in [0.717, 1.165) is 37.3 Å². The van der Waals surface area contributed by atoms with Crippen molar-refractivity contribution in [1.82, 2.24) is 4.90 Å². The van der Waals surface area contributed by atoms with Gasteiger partial charge in [0.05, 0.1) is 12.5 Å². The average Bonchev–Trinajstić information content (AvgIpc) is 3.02. The van der Waals surface area contributed by atoms with E-state index in [-0.39, 0.29) is 16.8 Å². The molecule has 2 unspecified atom stereocenters. The largest absolute Gasteiger partial charge is 0.493 e. The van der Waals surface area contributed by atoms with Crippen LogP contribution in [-0.4, -0.2) is 48.8 Å². The van der Waals surface area contributed by atoms with Gasteiger partial charge in [-0.05, 0) is 30.9 Å². The van der Waals surface area contributed by atoms with Crippen LogP contribution in [0.1, 0.15) is 30.4 Å². The minimum atomic E-state index is -0.399. The fourth-order valence-corrected chi connectivity index (χ4v) is 6.18. The van der Waals surface area contributed by atoms with Crippen molar-refractivity contribution in [2.75, 3.05) is 20.4 Å². The fraction of sp³-hybridized carbons (Fsp3) is 0.611. The number of ether oxygens (including phenoxy) is 3. The van der Waals surface area contributed by atoms with E-state index in [9.17, 15) is 4.79 Å². The van der Waals surface area contributed by atoms with Crippen LogP contribution in [0.5, 0.6) is 11.5 Å². The van der Waals surface area contributed by atoms with E-state index in [0.29, 0.717) is 19.2 Å². The zero-order valence-electron chi connectivity index (χ0n) is 13.1. The number of carbonyl (C=O) groups excluding carboxylic acids is 1. The SMILES string of the molecule is COc1ccc2c3c1O[C@H]1C(=O)CC[C@]45OCN(CCC314)[C@@H]5C2. The number of benzene rings is 1. The molecule has 6 rings (SSSR count). The van der Waals surface area contributed by atoms with Crippen molar-refractivity contribution in [3.8, 4) is 11.5 Å². The topological polar surface area (TPSA) is 48.0 Å². The third-order valence-corrected chi connectivity index (χ3v) is 7.02. The second-order valence-corrected chi connectivity index (χ2v) is 7.51. The number of Topliss-reactive ketones (excluding diaryl/α,β-unsaturated/α-hetero) is 1. The lowest BCUT2D eigenvalue weighted by molar-refractivity contribution is -0.159. The minimum Gasteiger partial charge on any atom is -0.493 e. The summed E-state index contributed by atoms with van der Waals surface area (Å²) in [7, 11) is 1.67. The van der Waals surface area contributed by atoms with E-state index in [1.165, 1.54) is 11.1 Å². The number of hydrogen-bond acceptors (Lipinski definition) is 5. The number of piperidine rings is 1. The maximum atomic E-state index is 12.8. The van der Waals surface area contributed by atoms with Gasteiger partial charge in [-0.25, -0.2) is 0 Å². The molecule has 0 aromatic heterocycles. The second kappa shape index (κ2) is 3.73. The Morgan fingerprint density at radius 2 is 2.26 bits per heavy atom. The summed E-state index contributed by atoms with van der Waals surface area (Å²) in [6.45, 7) is 1.67. The van der Waals surface area contributed by atoms with Gasteiger partial charge in [0.1, 0.15) is 12.3 Å². The molecule has 5 aliphatic rings. The Bertz CT molecular complexity index is 762. The van der Waals surface area contributed by atoms with Gasteiger partial charge in [-0.2, -0.15) is 0 Å². The molecule has 1 saturated carbocycles. The number of ketones is 1. The highest BCUT2D eigenvalue weighted by atomic mass is 16.6. The van der Waals surface area contributed by atoms with Crippen LogP contribution in [0.15, 0.2) is 12.1 Å². The molecule has 5 heteroatoms. The molecule has 0 radical (unpaired) electrons. The molecule has 4 bridgehead atoms. The van der Waals surface area contributed by atoms with Crippen LogP contribution in [0, 0.1) is 0 Å². The van der Waals surface area contributed by atoms with Crippen LogP contribution in [-0.2, 0) is 21.4 Å². The lowest BCUT2D eigenvalue weighted by atomic mass is 9.49. The Hall–Kier alpha value is -1.59. The molecular formula is C18H19NO4. The predicted octanol–water partition coefficient (Wildman–Crippen LogP) is 1.41. The Labute approximate surface area is 134 Å². The number of methoxy groups -OCH3 is 1. The summed E-state index contributed by atoms with van der Waals surface area (Å²) in [4.78, 5) is 15.2. The molecule has 2 saturated heterocycles. The molecule has 5 atom stereocenters. The molecule has 1 aromatic carbocycles. The molecule has 2 aliphatic carbocycles. The van der Waals surface area contributed by atoms with Gasteiger partial charge < -0.3 is 14.2 Å². The zero-order valence-corrected chi connectivity index (χ0v) is 13.1. The lowest BCUT2D eigenvalue weighted by Gasteiger charge is -2.59. The molecule has 3 heterocycles. The molecule has 23 heavy (non-hydrogen) atoms. The van der Waals surface area contributed by atoms with Crippen LogP contribution in [0.4, 0.5) is 0 Å². The van der Waals surface area contributed by atoms with Gasteiger partial charge >= 0.3 is 0 Å². The Kier molecular flexibility index (Phi) is 2.07. The number of hydrogen-bond donors (Lipinski definition) is 0. The van der Waals surface area contributed by atoms with Crippen LogP contribution in [0.3, 0.4) is 0 Å². The highest BCUT2D eigenvalue weighted by Crippen LogP contribution is 2.67. The lowest BCUT2D eigenvalue weighted by Crippen LogP contribution is -2.73. The quantitative estimate of drug-likeness (QED) is 0.785. The molecule has 3 fully saturated rings. The fourth-order valence-electron chi connectivity index (χ4n) is 6.18. The summed E-state index contributed by atoms with van der Waals surface area (Å²) in [5.41, 5.74) is 1.97. The molecule has 1 aromatic rings. The number of rotatable bonds is 1. The van der Waals surface area contributed by atoms with Crippen molar-refractivity contribution in [1.29, 1.82) is 0 Å². The monoisotopic (exact) mass is 313 g/mol. The molecule has 3 aliphatic heterocycles. The number of nitrogens with zero attached hydrogens (tertiary/aromatic N) is 1. The van der Waals surface area contributed by atoms with Gasteiger partial charge in [-0.3, -0.25) is 9.69 Å². The van der Waals surface area contributed by atoms with E-state index in [1.807, 2.05) is 6.07 Å². The van der Waals surface area contributed by atoms with Crippen molar-refractivity contribution in [2.45, 2.75) is 48.8 Å². The van der Waals surface area contributed by atoms with Gasteiger partial charge in [-0.1, -0.05) is 6.07 Å². The van der Waals surface area contributed by atoms with Crippen molar-refractivity contribution < 1.29 is 19.0 Å². The van der Waals surface area contributed by atoms with Crippen molar-refractivity contribution in [3.05, 3.63) is 23.3 Å². The standard InChI is InChI=1S/C18H19NO4/c1-21-12-3-2-10-8-13-18-5-4-11(20)16-17(18,14(10)15(12)23-16)6-7-19(13)9-22-18/h2-3,13,16H,4-9H2,1H3/t13-,16+,17?,18-/m1/s1. The Morgan fingerprint density at radius 3 is 3.13 bits per heavy atom. The molecule has 120 valence electrons. The van der Waals surface area contributed by atoms with E-state index >= 15 is 0 Å². The van der Waals surface area contributed by atoms with Crippen LogP contribution in [0.25, 0.3) is 0 Å². The normalized spacial score (nSPS) is 44.7. The maximum absolute atomic E-state index is 12.8. The molecular weight excluding hydrogens is 294 g/mol. The van der Waals surface area contributed by atoms with Gasteiger partial charge in [-0.15, -0.1) is 0 Å². The second-order valence-electron chi connectivity index (χ2n) is 7.51. The summed E-state index contributed by atoms with van der Waals surface area (Å²) in [6.07, 6.45) is 2.90. The zero-order chi connectivity index (χ0) is 15.4. The summed E-state index contributed by atoms with van der Waals surface area (Å²) in [5.74, 6) is 1.77. The Balaban J connectivity index is 1.72. The van der Waals surface area contributed by atoms with Crippen molar-refractivity contribution in [2.24, 2.45) is 0 Å². The third-order valence-electron chi connectivity index (χ3n) is 7.02. The average molecular weight is 313 g/mol. The first kappa shape index (κ1) is 12.8. The smallest absolute Gasteiger partial charge is 0.174 e. The third kappa shape index (κ3) is 1.13. The van der Waals surface area contributed by atoms with Crippen molar-refractivity contribution >= 4 is 5.78 Å². The number of carbonyl (C=O) groups is 1. The summed E-state index contributed by atoms with van der Waals surface area (Å²) in [5, 5.41) is 0. The van der Waals surface area contributed by atoms with E-state index in [1.54, 1.807) is 7.11 Å². The van der Waals surface area contributed by atoms with Gasteiger partial charge in [0.15, 0.2) is 23.4 Å². The maximum Gasteiger partial charge on any atom is 0.174 e. The summed E-state index contributed by atoms with van der Waals surface area (Å²) >= 11 is 0. The van der Waals surface area contributed by atoms with Gasteiger partial charge in [0, 0.05) is 24.6 Å². The van der Waals surface area contributed by atoms with Crippen LogP contribution >= 0.6 is 0 Å². The highest BCUT2D eigenvalue weighted by molar-refractivity contribution is 5.90. The van der Waals surface area contributed by atoms with Crippen LogP contribution in [0.2, 0.25) is 0 Å². The van der Waals surface area contributed by atoms with Gasteiger partial charge in [0.25, 0.3) is 0 Å². The molecule has 5 nitrogen and oxygen atoms in total. The first-order valence-electron chi connectivity index (χ1n) is 8.49. The Morgan fingerprint density at radius 1 is 1.35 bits per heavy atom. The molecule has 2 spiro atoms.